The molecule has 134 valence electrons. The molecule has 0 N–H and O–H groups in total. The summed E-state index contributed by atoms with van der Waals surface area (Å²) < 4.78 is 5.82. The summed E-state index contributed by atoms with van der Waals surface area (Å²) in [6.07, 6.45) is 3.92. The van der Waals surface area contributed by atoms with Crippen molar-refractivity contribution in [3.63, 3.8) is 0 Å². The lowest BCUT2D eigenvalue weighted by Crippen LogP contribution is -2.49. The molecule has 1 aromatic rings. The summed E-state index contributed by atoms with van der Waals surface area (Å²) in [6.45, 7) is 12.1. The first-order valence-corrected chi connectivity index (χ1v) is 9.24. The maximum atomic E-state index is 12.3. The number of ether oxygens (including phenoxy) is 1. The summed E-state index contributed by atoms with van der Waals surface area (Å²) in [4.78, 5) is 14.4. The van der Waals surface area contributed by atoms with Gasteiger partial charge in [0.25, 0.3) is 0 Å². The lowest BCUT2D eigenvalue weighted by atomic mass is 9.77. The van der Waals surface area contributed by atoms with Crippen LogP contribution in [0.15, 0.2) is 30.3 Å². The second-order valence-corrected chi connectivity index (χ2v) is 8.00. The van der Waals surface area contributed by atoms with Crippen LogP contribution in [-0.4, -0.2) is 35.6 Å². The summed E-state index contributed by atoms with van der Waals surface area (Å²) in [5, 5.41) is 0. The Hall–Kier alpha value is -1.35. The number of rotatable bonds is 6. The highest BCUT2D eigenvalue weighted by Gasteiger charge is 2.34. The molecular formula is C21H33NO2. The van der Waals surface area contributed by atoms with Gasteiger partial charge in [0.1, 0.15) is 0 Å². The molecule has 0 aromatic heterocycles. The van der Waals surface area contributed by atoms with Crippen molar-refractivity contribution in [3.8, 4) is 0 Å². The first-order chi connectivity index (χ1) is 11.3. The van der Waals surface area contributed by atoms with Crippen LogP contribution in [0, 0.1) is 0 Å². The van der Waals surface area contributed by atoms with Gasteiger partial charge < -0.3 is 9.64 Å². The molecule has 1 saturated heterocycles. The quantitative estimate of drug-likeness (QED) is 0.765. The average Bonchev–Trinajstić information content (AvgIpc) is 2.54. The van der Waals surface area contributed by atoms with E-state index in [1.165, 1.54) is 5.56 Å². The third-order valence-corrected chi connectivity index (χ3v) is 5.67. The van der Waals surface area contributed by atoms with E-state index in [1.807, 2.05) is 0 Å². The summed E-state index contributed by atoms with van der Waals surface area (Å²) in [5.41, 5.74) is 1.34. The van der Waals surface area contributed by atoms with Gasteiger partial charge in [0, 0.05) is 26.1 Å². The molecule has 2 unspecified atom stereocenters. The Kier molecular flexibility index (Phi) is 6.08. The van der Waals surface area contributed by atoms with Gasteiger partial charge in [-0.2, -0.15) is 0 Å². The number of amides is 1. The van der Waals surface area contributed by atoms with Crippen molar-refractivity contribution >= 4 is 5.91 Å². The van der Waals surface area contributed by atoms with E-state index in [0.717, 1.165) is 38.8 Å². The van der Waals surface area contributed by atoms with Crippen LogP contribution in [-0.2, 0) is 14.9 Å². The molecule has 1 aliphatic heterocycles. The number of hydrogen-bond donors (Lipinski definition) is 0. The standard InChI is InChI=1S/C21H33NO2/c1-6-21(5,18-10-8-7-9-11-18)13-14-22(17(2)23)19-12-15-24-20(3,4)16-19/h7-11,19H,6,12-16H2,1-5H3. The van der Waals surface area contributed by atoms with Crippen molar-refractivity contribution < 1.29 is 9.53 Å². The molecule has 1 fully saturated rings. The average molecular weight is 332 g/mol. The van der Waals surface area contributed by atoms with Gasteiger partial charge in [0.15, 0.2) is 0 Å². The lowest BCUT2D eigenvalue weighted by molar-refractivity contribution is -0.138. The zero-order chi connectivity index (χ0) is 17.8. The molecule has 0 radical (unpaired) electrons. The second kappa shape index (κ2) is 7.69. The largest absolute Gasteiger partial charge is 0.375 e. The van der Waals surface area contributed by atoms with Crippen LogP contribution in [0.25, 0.3) is 0 Å². The molecule has 0 spiro atoms. The Morgan fingerprint density at radius 3 is 2.54 bits per heavy atom. The van der Waals surface area contributed by atoms with Gasteiger partial charge >= 0.3 is 0 Å². The van der Waals surface area contributed by atoms with Gasteiger partial charge in [-0.1, -0.05) is 44.2 Å². The van der Waals surface area contributed by atoms with Crippen LogP contribution in [0.5, 0.6) is 0 Å². The van der Waals surface area contributed by atoms with Crippen LogP contribution in [0.2, 0.25) is 0 Å². The number of carbonyl (C=O) groups excluding carboxylic acids is 1. The first-order valence-electron chi connectivity index (χ1n) is 9.24. The van der Waals surface area contributed by atoms with Gasteiger partial charge in [-0.05, 0) is 50.5 Å². The lowest BCUT2D eigenvalue weighted by Gasteiger charge is -2.42. The SMILES string of the molecule is CCC(C)(CCN(C(C)=O)C1CCOC(C)(C)C1)c1ccccc1. The van der Waals surface area contributed by atoms with E-state index < -0.39 is 0 Å². The topological polar surface area (TPSA) is 29.5 Å². The molecule has 2 rings (SSSR count). The van der Waals surface area contributed by atoms with E-state index in [9.17, 15) is 4.79 Å². The second-order valence-electron chi connectivity index (χ2n) is 8.00. The minimum absolute atomic E-state index is 0.107. The van der Waals surface area contributed by atoms with Gasteiger partial charge in [0.2, 0.25) is 5.91 Å². The summed E-state index contributed by atoms with van der Waals surface area (Å²) in [7, 11) is 0. The Labute approximate surface area is 147 Å². The van der Waals surface area contributed by atoms with Crippen molar-refractivity contribution in [2.24, 2.45) is 0 Å². The molecule has 1 amide bonds. The maximum absolute atomic E-state index is 12.3. The molecule has 3 nitrogen and oxygen atoms in total. The fraction of sp³-hybridized carbons (Fsp3) is 0.667. The molecule has 1 aromatic carbocycles. The van der Waals surface area contributed by atoms with Gasteiger partial charge in [-0.25, -0.2) is 0 Å². The van der Waals surface area contributed by atoms with Crippen LogP contribution >= 0.6 is 0 Å². The minimum atomic E-state index is -0.135. The third-order valence-electron chi connectivity index (χ3n) is 5.67. The Bertz CT molecular complexity index is 540. The summed E-state index contributed by atoms with van der Waals surface area (Å²) >= 11 is 0. The van der Waals surface area contributed by atoms with Crippen molar-refractivity contribution in [1.29, 1.82) is 0 Å². The first kappa shape index (κ1) is 19.0. The fourth-order valence-electron chi connectivity index (χ4n) is 3.80. The fourth-order valence-corrected chi connectivity index (χ4v) is 3.80. The zero-order valence-electron chi connectivity index (χ0n) is 16.0. The van der Waals surface area contributed by atoms with Gasteiger partial charge in [-0.3, -0.25) is 4.79 Å². The molecule has 0 bridgehead atoms. The normalized spacial score (nSPS) is 22.6. The van der Waals surface area contributed by atoms with E-state index in [2.05, 4.69) is 62.9 Å². The molecule has 24 heavy (non-hydrogen) atoms. The van der Waals surface area contributed by atoms with Crippen molar-refractivity contribution in [2.75, 3.05) is 13.2 Å². The van der Waals surface area contributed by atoms with Gasteiger partial charge in [-0.15, -0.1) is 0 Å². The smallest absolute Gasteiger partial charge is 0.219 e. The number of hydrogen-bond acceptors (Lipinski definition) is 2. The predicted molar refractivity (Wildman–Crippen MR) is 99.1 cm³/mol. The maximum Gasteiger partial charge on any atom is 0.219 e. The van der Waals surface area contributed by atoms with Crippen LogP contribution < -0.4 is 0 Å². The number of benzene rings is 1. The Morgan fingerprint density at radius 2 is 2.00 bits per heavy atom. The van der Waals surface area contributed by atoms with Crippen molar-refractivity contribution in [2.45, 2.75) is 77.4 Å². The van der Waals surface area contributed by atoms with Gasteiger partial charge in [0.05, 0.1) is 5.60 Å². The predicted octanol–water partition coefficient (Wildman–Crippen LogP) is 4.55. The Balaban J connectivity index is 2.09. The zero-order valence-corrected chi connectivity index (χ0v) is 16.0. The minimum Gasteiger partial charge on any atom is -0.375 e. The highest BCUT2D eigenvalue weighted by atomic mass is 16.5. The molecule has 1 heterocycles. The van der Waals surface area contributed by atoms with Crippen LogP contribution in [0.4, 0.5) is 0 Å². The van der Waals surface area contributed by atoms with Crippen molar-refractivity contribution in [3.05, 3.63) is 35.9 Å². The number of nitrogens with zero attached hydrogens (tertiary/aromatic N) is 1. The molecule has 0 saturated carbocycles. The Morgan fingerprint density at radius 1 is 1.33 bits per heavy atom. The highest BCUT2D eigenvalue weighted by Crippen LogP contribution is 2.33. The highest BCUT2D eigenvalue weighted by molar-refractivity contribution is 5.73. The molecular weight excluding hydrogens is 298 g/mol. The van der Waals surface area contributed by atoms with Crippen LogP contribution in [0.1, 0.15) is 65.9 Å². The summed E-state index contributed by atoms with van der Waals surface area (Å²) in [5.74, 6) is 0.184. The van der Waals surface area contributed by atoms with E-state index >= 15 is 0 Å². The summed E-state index contributed by atoms with van der Waals surface area (Å²) in [6, 6.07) is 11.0. The van der Waals surface area contributed by atoms with Crippen LogP contribution in [0.3, 0.4) is 0 Å². The number of carbonyl (C=O) groups is 1. The van der Waals surface area contributed by atoms with E-state index in [-0.39, 0.29) is 16.9 Å². The van der Waals surface area contributed by atoms with E-state index in [0.29, 0.717) is 6.04 Å². The monoisotopic (exact) mass is 331 g/mol. The molecule has 1 aliphatic rings. The van der Waals surface area contributed by atoms with E-state index in [4.69, 9.17) is 4.74 Å². The van der Waals surface area contributed by atoms with E-state index in [1.54, 1.807) is 6.92 Å². The molecule has 2 atom stereocenters. The van der Waals surface area contributed by atoms with Crippen molar-refractivity contribution in [1.82, 2.24) is 4.90 Å². The molecule has 0 aliphatic carbocycles. The third kappa shape index (κ3) is 4.60. The molecule has 3 heteroatoms.